The number of halogens is 1. The van der Waals surface area contributed by atoms with Gasteiger partial charge in [-0.25, -0.2) is 4.39 Å². The Kier molecular flexibility index (Phi) is 6.12. The lowest BCUT2D eigenvalue weighted by molar-refractivity contribution is -0.113. The van der Waals surface area contributed by atoms with E-state index in [0.29, 0.717) is 17.1 Å². The molecule has 0 saturated heterocycles. The van der Waals surface area contributed by atoms with E-state index in [4.69, 9.17) is 9.47 Å². The van der Waals surface area contributed by atoms with Crippen LogP contribution in [0.5, 0.6) is 5.75 Å². The van der Waals surface area contributed by atoms with Crippen LogP contribution in [-0.2, 0) is 21.9 Å². The molecule has 0 bridgehead atoms. The van der Waals surface area contributed by atoms with Crippen LogP contribution < -0.4 is 10.1 Å². The van der Waals surface area contributed by atoms with Crippen molar-refractivity contribution in [3.63, 3.8) is 0 Å². The van der Waals surface area contributed by atoms with Crippen molar-refractivity contribution >= 4 is 23.4 Å². The van der Waals surface area contributed by atoms with Gasteiger partial charge in [-0.05, 0) is 24.3 Å². The molecule has 148 valence electrons. The number of thioether (sulfide) groups is 1. The Hall–Kier alpha value is -2.83. The molecule has 1 aliphatic rings. The highest BCUT2D eigenvalue weighted by molar-refractivity contribution is 7.99. The molecule has 0 spiro atoms. The molecule has 6 heteroatoms. The summed E-state index contributed by atoms with van der Waals surface area (Å²) in [5.74, 6) is 0.932. The third-order valence-electron chi connectivity index (χ3n) is 4.44. The zero-order valence-corrected chi connectivity index (χ0v) is 16.5. The van der Waals surface area contributed by atoms with Gasteiger partial charge in [0.2, 0.25) is 12.2 Å². The standard InChI is InChI=1S/C23H20FNO3S/c24-19-11-17-13-27-23(16-7-3-1-4-8-16)28-22(17)18(12-19)14-29-15-21(26)25-20-9-5-2-6-10-20/h1-12,23H,13-15H2,(H,25,26)/t23-/m1/s1. The maximum atomic E-state index is 14.0. The highest BCUT2D eigenvalue weighted by Gasteiger charge is 2.25. The van der Waals surface area contributed by atoms with Crippen molar-refractivity contribution in [3.05, 3.63) is 95.3 Å². The second-order valence-electron chi connectivity index (χ2n) is 6.63. The molecule has 4 nitrogen and oxygen atoms in total. The van der Waals surface area contributed by atoms with Crippen molar-refractivity contribution < 1.29 is 18.7 Å². The van der Waals surface area contributed by atoms with Crippen LogP contribution in [0.1, 0.15) is 23.0 Å². The van der Waals surface area contributed by atoms with Gasteiger partial charge in [0, 0.05) is 28.1 Å². The molecule has 0 aromatic heterocycles. The first-order valence-corrected chi connectivity index (χ1v) is 10.4. The second-order valence-corrected chi connectivity index (χ2v) is 7.62. The number of hydrogen-bond donors (Lipinski definition) is 1. The third kappa shape index (κ3) is 4.96. The molecule has 1 N–H and O–H groups in total. The summed E-state index contributed by atoms with van der Waals surface area (Å²) in [7, 11) is 0. The lowest BCUT2D eigenvalue weighted by Crippen LogP contribution is -2.19. The van der Waals surface area contributed by atoms with E-state index in [0.717, 1.165) is 16.8 Å². The Morgan fingerprint density at radius 2 is 1.79 bits per heavy atom. The molecule has 0 aliphatic carbocycles. The molecule has 0 fully saturated rings. The fraction of sp³-hybridized carbons (Fsp3) is 0.174. The lowest BCUT2D eigenvalue weighted by Gasteiger charge is -2.28. The maximum absolute atomic E-state index is 14.0. The van der Waals surface area contributed by atoms with Crippen LogP contribution in [0.15, 0.2) is 72.8 Å². The van der Waals surface area contributed by atoms with Gasteiger partial charge in [-0.15, -0.1) is 11.8 Å². The van der Waals surface area contributed by atoms with E-state index < -0.39 is 6.29 Å². The molecule has 1 atom stereocenters. The topological polar surface area (TPSA) is 47.6 Å². The Balaban J connectivity index is 1.42. The predicted molar refractivity (Wildman–Crippen MR) is 112 cm³/mol. The molecule has 1 aliphatic heterocycles. The van der Waals surface area contributed by atoms with E-state index in [1.54, 1.807) is 0 Å². The van der Waals surface area contributed by atoms with E-state index >= 15 is 0 Å². The van der Waals surface area contributed by atoms with E-state index in [2.05, 4.69) is 5.32 Å². The summed E-state index contributed by atoms with van der Waals surface area (Å²) in [4.78, 5) is 12.1. The number of carbonyl (C=O) groups is 1. The fourth-order valence-corrected chi connectivity index (χ4v) is 3.92. The fourth-order valence-electron chi connectivity index (χ4n) is 3.13. The predicted octanol–water partition coefficient (Wildman–Crippen LogP) is 5.31. The summed E-state index contributed by atoms with van der Waals surface area (Å²) in [5, 5.41) is 2.85. The monoisotopic (exact) mass is 409 g/mol. The number of nitrogens with one attached hydrogen (secondary N) is 1. The number of fused-ring (bicyclic) bond motifs is 1. The van der Waals surface area contributed by atoms with Crippen LogP contribution in [0.4, 0.5) is 10.1 Å². The minimum atomic E-state index is -0.528. The summed E-state index contributed by atoms with van der Waals surface area (Å²) >= 11 is 1.41. The van der Waals surface area contributed by atoms with Crippen molar-refractivity contribution in [1.29, 1.82) is 0 Å². The number of hydrogen-bond acceptors (Lipinski definition) is 4. The maximum Gasteiger partial charge on any atom is 0.234 e. The average Bonchev–Trinajstić information content (AvgIpc) is 2.74. The first-order chi connectivity index (χ1) is 14.2. The van der Waals surface area contributed by atoms with Crippen molar-refractivity contribution in [1.82, 2.24) is 0 Å². The number of para-hydroxylation sites is 1. The van der Waals surface area contributed by atoms with Gasteiger partial charge in [-0.1, -0.05) is 48.5 Å². The normalized spacial score (nSPS) is 15.3. The van der Waals surface area contributed by atoms with Crippen LogP contribution in [0.3, 0.4) is 0 Å². The Bertz CT molecular complexity index is 982. The van der Waals surface area contributed by atoms with Crippen LogP contribution in [0.25, 0.3) is 0 Å². The van der Waals surface area contributed by atoms with Crippen LogP contribution >= 0.6 is 11.8 Å². The number of rotatable bonds is 6. The highest BCUT2D eigenvalue weighted by Crippen LogP contribution is 2.37. The van der Waals surface area contributed by atoms with Crippen LogP contribution in [0.2, 0.25) is 0 Å². The van der Waals surface area contributed by atoms with Crippen molar-refractivity contribution in [2.75, 3.05) is 11.1 Å². The first kappa shape index (κ1) is 19.5. The van der Waals surface area contributed by atoms with E-state index in [9.17, 15) is 9.18 Å². The van der Waals surface area contributed by atoms with E-state index in [1.807, 2.05) is 60.7 Å². The highest BCUT2D eigenvalue weighted by atomic mass is 32.2. The largest absolute Gasteiger partial charge is 0.460 e. The van der Waals surface area contributed by atoms with Gasteiger partial charge in [0.1, 0.15) is 11.6 Å². The Morgan fingerprint density at radius 1 is 1.07 bits per heavy atom. The summed E-state index contributed by atoms with van der Waals surface area (Å²) < 4.78 is 25.9. The summed E-state index contributed by atoms with van der Waals surface area (Å²) in [6.45, 7) is 0.277. The van der Waals surface area contributed by atoms with Gasteiger partial charge in [0.15, 0.2) is 0 Å². The molecule has 3 aromatic rings. The molecule has 1 amide bonds. The van der Waals surface area contributed by atoms with Gasteiger partial charge in [-0.3, -0.25) is 4.79 Å². The molecule has 0 radical (unpaired) electrons. The molecule has 0 saturated carbocycles. The lowest BCUT2D eigenvalue weighted by atomic mass is 10.1. The zero-order valence-electron chi connectivity index (χ0n) is 15.6. The average molecular weight is 409 g/mol. The molecule has 4 rings (SSSR count). The minimum Gasteiger partial charge on any atom is -0.460 e. The number of amides is 1. The Labute approximate surface area is 173 Å². The SMILES string of the molecule is O=C(CSCc1cc(F)cc2c1O[C@H](c1ccccc1)OC2)Nc1ccccc1. The zero-order chi connectivity index (χ0) is 20.1. The smallest absolute Gasteiger partial charge is 0.234 e. The van der Waals surface area contributed by atoms with Crippen molar-refractivity contribution in [2.45, 2.75) is 18.6 Å². The van der Waals surface area contributed by atoms with Gasteiger partial charge >= 0.3 is 0 Å². The second kappa shape index (κ2) is 9.11. The third-order valence-corrected chi connectivity index (χ3v) is 5.42. The minimum absolute atomic E-state index is 0.0992. The number of carbonyl (C=O) groups excluding carboxylic acids is 1. The van der Waals surface area contributed by atoms with Crippen molar-refractivity contribution in [3.8, 4) is 5.75 Å². The Morgan fingerprint density at radius 3 is 2.55 bits per heavy atom. The molecule has 3 aromatic carbocycles. The quantitative estimate of drug-likeness (QED) is 0.600. The van der Waals surface area contributed by atoms with Gasteiger partial charge in [0.05, 0.1) is 12.4 Å². The molecular formula is C23H20FNO3S. The van der Waals surface area contributed by atoms with E-state index in [1.165, 1.54) is 23.9 Å². The number of ether oxygens (including phenoxy) is 2. The van der Waals surface area contributed by atoms with E-state index in [-0.39, 0.29) is 24.1 Å². The molecule has 1 heterocycles. The molecule has 29 heavy (non-hydrogen) atoms. The molecule has 0 unspecified atom stereocenters. The number of benzene rings is 3. The van der Waals surface area contributed by atoms with Gasteiger partial charge in [0.25, 0.3) is 0 Å². The number of anilines is 1. The van der Waals surface area contributed by atoms with Gasteiger partial charge in [-0.2, -0.15) is 0 Å². The summed E-state index contributed by atoms with van der Waals surface area (Å²) in [6.07, 6.45) is -0.528. The molecular weight excluding hydrogens is 389 g/mol. The van der Waals surface area contributed by atoms with Crippen LogP contribution in [0, 0.1) is 5.82 Å². The first-order valence-electron chi connectivity index (χ1n) is 9.26. The van der Waals surface area contributed by atoms with Gasteiger partial charge < -0.3 is 14.8 Å². The van der Waals surface area contributed by atoms with Crippen molar-refractivity contribution in [2.24, 2.45) is 0 Å². The summed E-state index contributed by atoms with van der Waals surface area (Å²) in [6, 6.07) is 21.8. The van der Waals surface area contributed by atoms with Crippen LogP contribution in [-0.4, -0.2) is 11.7 Å². The summed E-state index contributed by atoms with van der Waals surface area (Å²) in [5.41, 5.74) is 3.07.